The van der Waals surface area contributed by atoms with Gasteiger partial charge in [0, 0.05) is 29.6 Å². The summed E-state index contributed by atoms with van der Waals surface area (Å²) in [6.07, 6.45) is -3.31. The smallest absolute Gasteiger partial charge is 0.416 e. The van der Waals surface area contributed by atoms with Crippen molar-refractivity contribution in [1.29, 1.82) is 0 Å². The number of aliphatic carboxylic acids is 1. The Balaban J connectivity index is 1.77. The minimum atomic E-state index is -4.78. The highest BCUT2D eigenvalue weighted by molar-refractivity contribution is 6.01. The molecule has 2 aromatic carbocycles. The first-order valence-corrected chi connectivity index (χ1v) is 9.72. The molecule has 0 saturated carbocycles. The number of nitrogens with one attached hydrogen (secondary N) is 3. The molecule has 1 aromatic heterocycles. The maximum atomic E-state index is 13.5. The first-order chi connectivity index (χ1) is 15.9. The number of aromatic amines is 1. The molecule has 8 nitrogen and oxygen atoms in total. The molecule has 0 spiro atoms. The van der Waals surface area contributed by atoms with Gasteiger partial charge in [0.15, 0.2) is 0 Å². The van der Waals surface area contributed by atoms with E-state index in [0.29, 0.717) is 28.8 Å². The fourth-order valence-electron chi connectivity index (χ4n) is 3.27. The van der Waals surface area contributed by atoms with Gasteiger partial charge in [-0.15, -0.1) is 0 Å². The van der Waals surface area contributed by atoms with Crippen molar-refractivity contribution in [2.75, 3.05) is 10.6 Å². The van der Waals surface area contributed by atoms with Crippen molar-refractivity contribution >= 4 is 29.3 Å². The lowest BCUT2D eigenvalue weighted by Crippen LogP contribution is -2.20. The van der Waals surface area contributed by atoms with Crippen LogP contribution in [-0.2, 0) is 17.4 Å². The second-order valence-electron chi connectivity index (χ2n) is 7.20. The highest BCUT2D eigenvalue weighted by atomic mass is 19.4. The van der Waals surface area contributed by atoms with E-state index in [9.17, 15) is 31.9 Å². The van der Waals surface area contributed by atoms with Gasteiger partial charge >= 0.3 is 18.2 Å². The molecule has 1 heterocycles. The molecule has 0 unspecified atom stereocenters. The number of aromatic nitrogens is 1. The van der Waals surface area contributed by atoms with Crippen LogP contribution in [0.2, 0.25) is 0 Å². The van der Waals surface area contributed by atoms with Crippen LogP contribution in [0.5, 0.6) is 0 Å². The number of carbonyl (C=O) groups excluding carboxylic acids is 2. The Kier molecular flexibility index (Phi) is 6.89. The largest absolute Gasteiger partial charge is 0.481 e. The second-order valence-corrected chi connectivity index (χ2v) is 7.20. The van der Waals surface area contributed by atoms with E-state index in [4.69, 9.17) is 10.8 Å². The minimum absolute atomic E-state index is 0.0883. The summed E-state index contributed by atoms with van der Waals surface area (Å²) < 4.78 is 52.0. The number of hydrogen-bond acceptors (Lipinski definition) is 3. The zero-order valence-electron chi connectivity index (χ0n) is 17.3. The van der Waals surface area contributed by atoms with Gasteiger partial charge in [-0.05, 0) is 47.9 Å². The maximum absolute atomic E-state index is 13.5. The van der Waals surface area contributed by atoms with Gasteiger partial charge in [-0.3, -0.25) is 9.59 Å². The summed E-state index contributed by atoms with van der Waals surface area (Å²) in [7, 11) is 0. The number of rotatable bonds is 7. The Bertz CT molecular complexity index is 1240. The SMILES string of the molecule is NC(=O)c1[nH]cc(CCC(=O)O)c1-c1ccc(NC(=O)Nc2cc(F)cc(C(F)(F)F)c2)cc1. The Morgan fingerprint density at radius 3 is 2.24 bits per heavy atom. The van der Waals surface area contributed by atoms with Crippen molar-refractivity contribution < 1.29 is 37.1 Å². The van der Waals surface area contributed by atoms with Crippen LogP contribution in [0.1, 0.15) is 28.0 Å². The molecule has 0 bridgehead atoms. The summed E-state index contributed by atoms with van der Waals surface area (Å²) in [4.78, 5) is 37.6. The van der Waals surface area contributed by atoms with Gasteiger partial charge in [-0.25, -0.2) is 9.18 Å². The third-order valence-electron chi connectivity index (χ3n) is 4.73. The Morgan fingerprint density at radius 1 is 1.00 bits per heavy atom. The molecule has 0 atom stereocenters. The molecule has 3 rings (SSSR count). The quantitative estimate of drug-likeness (QED) is 0.317. The third kappa shape index (κ3) is 5.91. The van der Waals surface area contributed by atoms with Gasteiger partial charge in [0.1, 0.15) is 11.5 Å². The van der Waals surface area contributed by atoms with Crippen molar-refractivity contribution in [2.45, 2.75) is 19.0 Å². The van der Waals surface area contributed by atoms with Crippen LogP contribution in [0.25, 0.3) is 11.1 Å². The van der Waals surface area contributed by atoms with E-state index < -0.39 is 35.5 Å². The average molecular weight is 478 g/mol. The monoisotopic (exact) mass is 478 g/mol. The molecule has 6 N–H and O–H groups in total. The molecule has 0 aliphatic rings. The molecule has 0 saturated heterocycles. The number of amides is 3. The van der Waals surface area contributed by atoms with E-state index in [1.165, 1.54) is 18.3 Å². The molecule has 0 radical (unpaired) electrons. The van der Waals surface area contributed by atoms with Gasteiger partial charge < -0.3 is 26.5 Å². The van der Waals surface area contributed by atoms with Crippen molar-refractivity contribution in [3.8, 4) is 11.1 Å². The van der Waals surface area contributed by atoms with Crippen LogP contribution in [-0.4, -0.2) is 28.0 Å². The predicted molar refractivity (Wildman–Crippen MR) is 115 cm³/mol. The van der Waals surface area contributed by atoms with Crippen molar-refractivity contribution in [3.63, 3.8) is 0 Å². The topological polar surface area (TPSA) is 137 Å². The van der Waals surface area contributed by atoms with E-state index in [1.54, 1.807) is 12.1 Å². The van der Waals surface area contributed by atoms with Crippen LogP contribution in [0.3, 0.4) is 0 Å². The second kappa shape index (κ2) is 9.65. The van der Waals surface area contributed by atoms with Gasteiger partial charge in [-0.1, -0.05) is 12.1 Å². The summed E-state index contributed by atoms with van der Waals surface area (Å²) in [5.41, 5.74) is 5.58. The normalized spacial score (nSPS) is 11.2. The van der Waals surface area contributed by atoms with Gasteiger partial charge in [-0.2, -0.15) is 13.2 Å². The van der Waals surface area contributed by atoms with Crippen molar-refractivity contribution in [2.24, 2.45) is 5.73 Å². The summed E-state index contributed by atoms with van der Waals surface area (Å²) in [5.74, 6) is -2.92. The van der Waals surface area contributed by atoms with Crippen molar-refractivity contribution in [1.82, 2.24) is 4.98 Å². The van der Waals surface area contributed by atoms with Crippen LogP contribution < -0.4 is 16.4 Å². The third-order valence-corrected chi connectivity index (χ3v) is 4.73. The average Bonchev–Trinajstić information content (AvgIpc) is 3.16. The highest BCUT2D eigenvalue weighted by Gasteiger charge is 2.31. The first kappa shape index (κ1) is 24.3. The number of carboxylic acid groups (broad SMARTS) is 1. The molecule has 12 heteroatoms. The molecule has 34 heavy (non-hydrogen) atoms. The van der Waals surface area contributed by atoms with Gasteiger partial charge in [0.25, 0.3) is 5.91 Å². The first-order valence-electron chi connectivity index (χ1n) is 9.72. The number of alkyl halides is 3. The fraction of sp³-hybridized carbons (Fsp3) is 0.136. The number of carboxylic acids is 1. The molecule has 0 aliphatic heterocycles. The minimum Gasteiger partial charge on any atom is -0.481 e. The summed E-state index contributed by atoms with van der Waals surface area (Å²) >= 11 is 0. The molecule has 3 amide bonds. The van der Waals surface area contributed by atoms with Crippen LogP contribution in [0, 0.1) is 5.82 Å². The lowest BCUT2D eigenvalue weighted by molar-refractivity contribution is -0.138. The molecule has 0 aliphatic carbocycles. The number of anilines is 2. The highest BCUT2D eigenvalue weighted by Crippen LogP contribution is 2.32. The fourth-order valence-corrected chi connectivity index (χ4v) is 3.27. The lowest BCUT2D eigenvalue weighted by Gasteiger charge is -2.12. The van der Waals surface area contributed by atoms with E-state index in [0.717, 1.165) is 6.07 Å². The van der Waals surface area contributed by atoms with Gasteiger partial charge in [0.05, 0.1) is 5.56 Å². The predicted octanol–water partition coefficient (Wildman–Crippen LogP) is 4.60. The summed E-state index contributed by atoms with van der Waals surface area (Å²) in [5, 5.41) is 13.5. The molecule has 178 valence electrons. The lowest BCUT2D eigenvalue weighted by atomic mass is 9.98. The zero-order chi connectivity index (χ0) is 25.0. The number of benzene rings is 2. The number of hydrogen-bond donors (Lipinski definition) is 5. The molecular formula is C22H18F4N4O4. The van der Waals surface area contributed by atoms with Gasteiger partial charge in [0.2, 0.25) is 0 Å². The number of aryl methyl sites for hydroxylation is 1. The molecular weight excluding hydrogens is 460 g/mol. The standard InChI is InChI=1S/C22H18F4N4O4/c23-14-7-13(22(24,25)26)8-16(9-14)30-21(34)29-15-4-1-11(2-5-15)18-12(3-6-17(31)32)10-28-19(18)20(27)33/h1-2,4-5,7-10,28H,3,6H2,(H2,27,33)(H,31,32)(H2,29,30,34). The van der Waals surface area contributed by atoms with Crippen LogP contribution in [0.4, 0.5) is 33.7 Å². The Morgan fingerprint density at radius 2 is 1.65 bits per heavy atom. The van der Waals surface area contributed by atoms with E-state index in [1.807, 2.05) is 0 Å². The van der Waals surface area contributed by atoms with E-state index in [2.05, 4.69) is 15.6 Å². The maximum Gasteiger partial charge on any atom is 0.416 e. The number of primary amides is 1. The number of halogens is 4. The zero-order valence-corrected chi connectivity index (χ0v) is 17.3. The van der Waals surface area contributed by atoms with E-state index in [-0.39, 0.29) is 29.9 Å². The number of urea groups is 1. The number of H-pyrrole nitrogens is 1. The van der Waals surface area contributed by atoms with Crippen LogP contribution in [0.15, 0.2) is 48.7 Å². The number of nitrogens with two attached hydrogens (primary N) is 1. The number of carbonyl (C=O) groups is 3. The Hall–Kier alpha value is -4.35. The summed E-state index contributed by atoms with van der Waals surface area (Å²) in [6, 6.07) is 6.75. The molecule has 3 aromatic rings. The Labute approximate surface area is 189 Å². The van der Waals surface area contributed by atoms with Crippen molar-refractivity contribution in [3.05, 3.63) is 71.3 Å². The summed E-state index contributed by atoms with van der Waals surface area (Å²) in [6.45, 7) is 0. The van der Waals surface area contributed by atoms with Crippen LogP contribution >= 0.6 is 0 Å². The van der Waals surface area contributed by atoms with E-state index >= 15 is 0 Å². The molecule has 0 fully saturated rings.